The molecule has 16 heavy (non-hydrogen) atoms. The molecule has 2 aromatic rings. The number of rotatable bonds is 2. The average molecular weight is 219 g/mol. The summed E-state index contributed by atoms with van der Waals surface area (Å²) in [6, 6.07) is 2.13. The van der Waals surface area contributed by atoms with Gasteiger partial charge in [0.05, 0.1) is 11.6 Å². The van der Waals surface area contributed by atoms with Crippen LogP contribution in [0.4, 0.5) is 0 Å². The zero-order valence-electron chi connectivity index (χ0n) is 9.06. The Kier molecular flexibility index (Phi) is 2.25. The molecule has 1 N–H and O–H groups in total. The minimum absolute atomic E-state index is 0.241. The van der Waals surface area contributed by atoms with E-state index in [0.29, 0.717) is 5.89 Å². The molecule has 3 rings (SSSR count). The number of hydrogen-bond donors (Lipinski definition) is 1. The molecule has 1 saturated heterocycles. The third-order valence-electron chi connectivity index (χ3n) is 2.79. The zero-order valence-corrected chi connectivity index (χ0v) is 9.06. The highest BCUT2D eigenvalue weighted by molar-refractivity contribution is 5.51. The molecule has 1 aliphatic heterocycles. The molecular formula is C11H13N3O2. The van der Waals surface area contributed by atoms with Gasteiger partial charge in [0.1, 0.15) is 12.0 Å². The van der Waals surface area contributed by atoms with Crippen molar-refractivity contribution in [1.29, 1.82) is 0 Å². The highest BCUT2D eigenvalue weighted by Crippen LogP contribution is 2.24. The second-order valence-corrected chi connectivity index (χ2v) is 4.05. The van der Waals surface area contributed by atoms with Crippen LogP contribution >= 0.6 is 0 Å². The second-order valence-electron chi connectivity index (χ2n) is 4.05. The van der Waals surface area contributed by atoms with Gasteiger partial charge in [-0.1, -0.05) is 5.16 Å². The van der Waals surface area contributed by atoms with E-state index in [0.717, 1.165) is 30.1 Å². The monoisotopic (exact) mass is 219 g/mol. The van der Waals surface area contributed by atoms with E-state index in [9.17, 15) is 0 Å². The van der Waals surface area contributed by atoms with Gasteiger partial charge in [0.2, 0.25) is 0 Å². The smallest absolute Gasteiger partial charge is 0.261 e. The Labute approximate surface area is 92.8 Å². The third-order valence-corrected chi connectivity index (χ3v) is 2.79. The molecule has 5 nitrogen and oxygen atoms in total. The summed E-state index contributed by atoms with van der Waals surface area (Å²) in [6.45, 7) is 2.92. The highest BCUT2D eigenvalue weighted by Gasteiger charge is 2.22. The van der Waals surface area contributed by atoms with Crippen molar-refractivity contribution in [2.45, 2.75) is 25.8 Å². The van der Waals surface area contributed by atoms with Crippen LogP contribution in [0.1, 0.15) is 30.5 Å². The van der Waals surface area contributed by atoms with Crippen molar-refractivity contribution >= 4 is 0 Å². The molecule has 0 radical (unpaired) electrons. The van der Waals surface area contributed by atoms with Crippen molar-refractivity contribution in [2.24, 2.45) is 0 Å². The Morgan fingerprint density at radius 3 is 3.12 bits per heavy atom. The fourth-order valence-electron chi connectivity index (χ4n) is 1.95. The van der Waals surface area contributed by atoms with Gasteiger partial charge in [-0.3, -0.25) is 0 Å². The summed E-state index contributed by atoms with van der Waals surface area (Å²) in [7, 11) is 0. The van der Waals surface area contributed by atoms with Crippen LogP contribution in [0.2, 0.25) is 0 Å². The molecule has 0 aromatic carbocycles. The van der Waals surface area contributed by atoms with Gasteiger partial charge in [0.15, 0.2) is 5.82 Å². The van der Waals surface area contributed by atoms with Gasteiger partial charge in [0.25, 0.3) is 5.89 Å². The van der Waals surface area contributed by atoms with Crippen molar-refractivity contribution in [1.82, 2.24) is 15.5 Å². The van der Waals surface area contributed by atoms with Crippen LogP contribution in [0.3, 0.4) is 0 Å². The molecule has 0 aliphatic carbocycles. The van der Waals surface area contributed by atoms with Crippen LogP contribution in [0.25, 0.3) is 11.5 Å². The maximum absolute atomic E-state index is 5.22. The molecule has 0 amide bonds. The van der Waals surface area contributed by atoms with Crippen molar-refractivity contribution in [3.05, 3.63) is 23.9 Å². The van der Waals surface area contributed by atoms with Crippen LogP contribution < -0.4 is 5.32 Å². The molecule has 3 heterocycles. The third kappa shape index (κ3) is 1.63. The predicted octanol–water partition coefficient (Wildman–Crippen LogP) is 2.06. The maximum Gasteiger partial charge on any atom is 0.261 e. The molecule has 2 aromatic heterocycles. The lowest BCUT2D eigenvalue weighted by atomic mass is 10.2. The van der Waals surface area contributed by atoms with Gasteiger partial charge >= 0.3 is 0 Å². The van der Waals surface area contributed by atoms with Crippen molar-refractivity contribution in [3.63, 3.8) is 0 Å². The summed E-state index contributed by atoms with van der Waals surface area (Å²) in [5.74, 6) is 2.11. The van der Waals surface area contributed by atoms with E-state index in [1.165, 1.54) is 6.42 Å². The predicted molar refractivity (Wildman–Crippen MR) is 56.7 cm³/mol. The Bertz CT molecular complexity index is 483. The van der Waals surface area contributed by atoms with Gasteiger partial charge in [-0.15, -0.1) is 0 Å². The lowest BCUT2D eigenvalue weighted by molar-refractivity contribution is 0.411. The molecule has 1 atom stereocenters. The lowest BCUT2D eigenvalue weighted by Crippen LogP contribution is -2.14. The summed E-state index contributed by atoms with van der Waals surface area (Å²) >= 11 is 0. The molecule has 1 unspecified atom stereocenters. The lowest BCUT2D eigenvalue weighted by Gasteiger charge is -2.01. The van der Waals surface area contributed by atoms with Crippen LogP contribution in [0, 0.1) is 6.92 Å². The standard InChI is InChI=1S/C11H13N3O2/c1-7-5-8(6-15-7)11-13-10(14-16-11)9-3-2-4-12-9/h5-6,9,12H,2-4H2,1H3. The van der Waals surface area contributed by atoms with E-state index in [1.54, 1.807) is 6.26 Å². The number of hydrogen-bond acceptors (Lipinski definition) is 5. The van der Waals surface area contributed by atoms with Crippen LogP contribution in [0.15, 0.2) is 21.3 Å². The van der Waals surface area contributed by atoms with E-state index in [4.69, 9.17) is 8.94 Å². The Balaban J connectivity index is 1.87. The summed E-state index contributed by atoms with van der Waals surface area (Å²) < 4.78 is 10.4. The maximum atomic E-state index is 5.22. The summed E-state index contributed by atoms with van der Waals surface area (Å²) in [4.78, 5) is 4.38. The molecule has 84 valence electrons. The van der Waals surface area contributed by atoms with Crippen LogP contribution in [-0.4, -0.2) is 16.7 Å². The molecule has 1 fully saturated rings. The largest absolute Gasteiger partial charge is 0.469 e. The first kappa shape index (κ1) is 9.59. The SMILES string of the molecule is Cc1cc(-c2nc(C3CCCN3)no2)co1. The summed E-state index contributed by atoms with van der Waals surface area (Å²) in [6.07, 6.45) is 3.87. The summed E-state index contributed by atoms with van der Waals surface area (Å²) in [5, 5.41) is 7.33. The quantitative estimate of drug-likeness (QED) is 0.837. The first-order chi connectivity index (χ1) is 7.83. The van der Waals surface area contributed by atoms with Gasteiger partial charge in [-0.2, -0.15) is 4.98 Å². The second kappa shape index (κ2) is 3.75. The minimum atomic E-state index is 0.241. The fraction of sp³-hybridized carbons (Fsp3) is 0.455. The first-order valence-corrected chi connectivity index (χ1v) is 5.45. The number of furan rings is 1. The minimum Gasteiger partial charge on any atom is -0.469 e. The van der Waals surface area contributed by atoms with E-state index in [-0.39, 0.29) is 6.04 Å². The Morgan fingerprint density at radius 1 is 1.50 bits per heavy atom. The molecular weight excluding hydrogens is 206 g/mol. The average Bonchev–Trinajstić information content (AvgIpc) is 2.97. The topological polar surface area (TPSA) is 64.1 Å². The van der Waals surface area contributed by atoms with Crippen molar-refractivity contribution in [2.75, 3.05) is 6.54 Å². The van der Waals surface area contributed by atoms with Gasteiger partial charge < -0.3 is 14.3 Å². The van der Waals surface area contributed by atoms with Gasteiger partial charge in [-0.25, -0.2) is 0 Å². The molecule has 1 aliphatic rings. The Hall–Kier alpha value is -1.62. The first-order valence-electron chi connectivity index (χ1n) is 5.45. The van der Waals surface area contributed by atoms with Crippen molar-refractivity contribution < 1.29 is 8.94 Å². The van der Waals surface area contributed by atoms with E-state index in [1.807, 2.05) is 13.0 Å². The zero-order chi connectivity index (χ0) is 11.0. The van der Waals surface area contributed by atoms with Gasteiger partial charge in [-0.05, 0) is 32.4 Å². The van der Waals surface area contributed by atoms with Crippen LogP contribution in [-0.2, 0) is 0 Å². The number of nitrogens with zero attached hydrogens (tertiary/aromatic N) is 2. The summed E-state index contributed by atoms with van der Waals surface area (Å²) in [5.41, 5.74) is 0.842. The number of aryl methyl sites for hydroxylation is 1. The normalized spacial score (nSPS) is 20.4. The van der Waals surface area contributed by atoms with E-state index in [2.05, 4.69) is 15.5 Å². The highest BCUT2D eigenvalue weighted by atomic mass is 16.5. The van der Waals surface area contributed by atoms with Gasteiger partial charge in [0, 0.05) is 0 Å². The number of aromatic nitrogens is 2. The van der Waals surface area contributed by atoms with E-state index >= 15 is 0 Å². The van der Waals surface area contributed by atoms with Crippen LogP contribution in [0.5, 0.6) is 0 Å². The number of nitrogens with one attached hydrogen (secondary N) is 1. The Morgan fingerprint density at radius 2 is 2.44 bits per heavy atom. The molecule has 5 heteroatoms. The molecule has 0 bridgehead atoms. The van der Waals surface area contributed by atoms with E-state index < -0.39 is 0 Å². The van der Waals surface area contributed by atoms with Crippen molar-refractivity contribution in [3.8, 4) is 11.5 Å². The molecule has 0 spiro atoms. The fourth-order valence-corrected chi connectivity index (χ4v) is 1.95. The molecule has 0 saturated carbocycles.